The molecule has 0 amide bonds. The van der Waals surface area contributed by atoms with Gasteiger partial charge >= 0.3 is 0 Å². The highest BCUT2D eigenvalue weighted by Crippen LogP contribution is 2.28. The molecule has 2 rings (SSSR count). The van der Waals surface area contributed by atoms with Gasteiger partial charge in [-0.05, 0) is 55.7 Å². The van der Waals surface area contributed by atoms with Crippen molar-refractivity contribution >= 4 is 5.69 Å². The zero-order valence-electron chi connectivity index (χ0n) is 11.4. The van der Waals surface area contributed by atoms with Crippen LogP contribution in [-0.4, -0.2) is 6.54 Å². The molecule has 1 aliphatic rings. The molecule has 1 aliphatic carbocycles. The largest absolute Gasteiger partial charge is 0.385 e. The van der Waals surface area contributed by atoms with Crippen LogP contribution >= 0.6 is 0 Å². The monoisotopic (exact) mass is 231 g/mol. The summed E-state index contributed by atoms with van der Waals surface area (Å²) in [6.07, 6.45) is 5.64. The minimum absolute atomic E-state index is 0.881. The first-order valence-electron chi connectivity index (χ1n) is 6.96. The molecule has 94 valence electrons. The lowest BCUT2D eigenvalue weighted by molar-refractivity contribution is 0.300. The van der Waals surface area contributed by atoms with Gasteiger partial charge in [-0.1, -0.05) is 31.9 Å². The van der Waals surface area contributed by atoms with Crippen LogP contribution in [0.4, 0.5) is 5.69 Å². The smallest absolute Gasteiger partial charge is 0.0372 e. The molecule has 0 spiro atoms. The Balaban J connectivity index is 1.87. The number of hydrogen-bond donors (Lipinski definition) is 1. The van der Waals surface area contributed by atoms with Crippen LogP contribution in [-0.2, 0) is 0 Å². The third-order valence-electron chi connectivity index (χ3n) is 4.11. The highest BCUT2D eigenvalue weighted by atomic mass is 14.9. The maximum Gasteiger partial charge on any atom is 0.0372 e. The Morgan fingerprint density at radius 3 is 2.53 bits per heavy atom. The quantitative estimate of drug-likeness (QED) is 0.805. The highest BCUT2D eigenvalue weighted by molar-refractivity contribution is 5.52. The molecular formula is C16H25N. The number of benzene rings is 1. The van der Waals surface area contributed by atoms with Gasteiger partial charge < -0.3 is 5.32 Å². The molecule has 1 nitrogen and oxygen atoms in total. The number of anilines is 1. The van der Waals surface area contributed by atoms with E-state index in [1.54, 1.807) is 0 Å². The van der Waals surface area contributed by atoms with Crippen LogP contribution in [0, 0.1) is 25.7 Å². The molecule has 0 heterocycles. The van der Waals surface area contributed by atoms with Gasteiger partial charge in [-0.3, -0.25) is 0 Å². The average molecular weight is 231 g/mol. The summed E-state index contributed by atoms with van der Waals surface area (Å²) in [7, 11) is 0. The van der Waals surface area contributed by atoms with Gasteiger partial charge in [-0.2, -0.15) is 0 Å². The first-order valence-corrected chi connectivity index (χ1v) is 6.96. The predicted octanol–water partition coefficient (Wildman–Crippen LogP) is 4.54. The number of hydrogen-bond acceptors (Lipinski definition) is 1. The summed E-state index contributed by atoms with van der Waals surface area (Å²) in [5, 5.41) is 3.64. The Kier molecular flexibility index (Phi) is 4.09. The molecule has 1 heteroatoms. The van der Waals surface area contributed by atoms with Gasteiger partial charge in [0.1, 0.15) is 0 Å². The van der Waals surface area contributed by atoms with E-state index < -0.39 is 0 Å². The maximum absolute atomic E-state index is 3.64. The summed E-state index contributed by atoms with van der Waals surface area (Å²) in [4.78, 5) is 0. The van der Waals surface area contributed by atoms with E-state index in [0.29, 0.717) is 0 Å². The van der Waals surface area contributed by atoms with Crippen molar-refractivity contribution in [2.75, 3.05) is 11.9 Å². The van der Waals surface area contributed by atoms with Gasteiger partial charge in [0.05, 0.1) is 0 Å². The van der Waals surface area contributed by atoms with Crippen LogP contribution in [0.1, 0.15) is 43.7 Å². The summed E-state index contributed by atoms with van der Waals surface area (Å²) >= 11 is 0. The molecule has 1 N–H and O–H groups in total. The zero-order valence-corrected chi connectivity index (χ0v) is 11.4. The van der Waals surface area contributed by atoms with Crippen molar-refractivity contribution in [3.8, 4) is 0 Å². The van der Waals surface area contributed by atoms with Crippen LogP contribution in [0.3, 0.4) is 0 Å². The lowest BCUT2D eigenvalue weighted by Gasteiger charge is -2.26. The van der Waals surface area contributed by atoms with E-state index in [4.69, 9.17) is 0 Å². The van der Waals surface area contributed by atoms with Crippen molar-refractivity contribution in [1.29, 1.82) is 0 Å². The molecule has 0 atom stereocenters. The normalized spacial score (nSPS) is 24.6. The molecule has 0 aromatic heterocycles. The summed E-state index contributed by atoms with van der Waals surface area (Å²) in [5.74, 6) is 1.83. The Morgan fingerprint density at radius 1 is 1.12 bits per heavy atom. The third kappa shape index (κ3) is 3.49. The molecular weight excluding hydrogens is 206 g/mol. The fourth-order valence-corrected chi connectivity index (χ4v) is 2.71. The van der Waals surface area contributed by atoms with E-state index in [1.807, 2.05) is 0 Å². The molecule has 1 aromatic rings. The van der Waals surface area contributed by atoms with Gasteiger partial charge in [0.2, 0.25) is 0 Å². The minimum Gasteiger partial charge on any atom is -0.385 e. The van der Waals surface area contributed by atoms with Gasteiger partial charge in [0.25, 0.3) is 0 Å². The SMILES string of the molecule is Cc1ccc(C)c(NCC2CCC(C)CC2)c1. The third-order valence-corrected chi connectivity index (χ3v) is 4.11. The molecule has 0 unspecified atom stereocenters. The fraction of sp³-hybridized carbons (Fsp3) is 0.625. The van der Waals surface area contributed by atoms with E-state index in [-0.39, 0.29) is 0 Å². The van der Waals surface area contributed by atoms with Crippen LogP contribution in [0.15, 0.2) is 18.2 Å². The molecule has 1 aromatic carbocycles. The summed E-state index contributed by atoms with van der Waals surface area (Å²) in [6, 6.07) is 6.66. The number of aryl methyl sites for hydroxylation is 2. The van der Waals surface area contributed by atoms with Crippen LogP contribution < -0.4 is 5.32 Å². The predicted molar refractivity (Wildman–Crippen MR) is 75.5 cm³/mol. The molecule has 1 fully saturated rings. The van der Waals surface area contributed by atoms with Gasteiger partial charge in [-0.15, -0.1) is 0 Å². The molecule has 1 saturated carbocycles. The molecule has 0 radical (unpaired) electrons. The molecule has 0 saturated heterocycles. The average Bonchev–Trinajstić information content (AvgIpc) is 2.32. The van der Waals surface area contributed by atoms with Crippen molar-refractivity contribution in [3.63, 3.8) is 0 Å². The van der Waals surface area contributed by atoms with Crippen molar-refractivity contribution in [2.24, 2.45) is 11.8 Å². The zero-order chi connectivity index (χ0) is 12.3. The number of rotatable bonds is 3. The molecule has 17 heavy (non-hydrogen) atoms. The standard InChI is InChI=1S/C16H25N/c1-12-5-8-15(9-6-12)11-17-16-10-13(2)4-7-14(16)3/h4,7,10,12,15,17H,5-6,8-9,11H2,1-3H3. The van der Waals surface area contributed by atoms with Crippen molar-refractivity contribution in [3.05, 3.63) is 29.3 Å². The maximum atomic E-state index is 3.64. The van der Waals surface area contributed by atoms with Crippen molar-refractivity contribution in [2.45, 2.75) is 46.5 Å². The lowest BCUT2D eigenvalue weighted by atomic mass is 9.83. The molecule has 0 aliphatic heterocycles. The van der Waals surface area contributed by atoms with Gasteiger partial charge in [-0.25, -0.2) is 0 Å². The Morgan fingerprint density at radius 2 is 1.82 bits per heavy atom. The van der Waals surface area contributed by atoms with E-state index in [0.717, 1.165) is 18.4 Å². The van der Waals surface area contributed by atoms with E-state index in [2.05, 4.69) is 44.3 Å². The Labute approximate surface area is 106 Å². The second kappa shape index (κ2) is 5.57. The van der Waals surface area contributed by atoms with Crippen LogP contribution in [0.5, 0.6) is 0 Å². The van der Waals surface area contributed by atoms with Crippen LogP contribution in [0.25, 0.3) is 0 Å². The Hall–Kier alpha value is -0.980. The van der Waals surface area contributed by atoms with E-state index in [9.17, 15) is 0 Å². The van der Waals surface area contributed by atoms with E-state index >= 15 is 0 Å². The van der Waals surface area contributed by atoms with Gasteiger partial charge in [0, 0.05) is 12.2 Å². The molecule has 0 bridgehead atoms. The first kappa shape index (κ1) is 12.5. The topological polar surface area (TPSA) is 12.0 Å². The fourth-order valence-electron chi connectivity index (χ4n) is 2.71. The summed E-state index contributed by atoms with van der Waals surface area (Å²) < 4.78 is 0. The Bertz CT molecular complexity index is 362. The summed E-state index contributed by atoms with van der Waals surface area (Å²) in [5.41, 5.74) is 4.03. The van der Waals surface area contributed by atoms with Crippen molar-refractivity contribution in [1.82, 2.24) is 0 Å². The van der Waals surface area contributed by atoms with Gasteiger partial charge in [0.15, 0.2) is 0 Å². The second-order valence-corrected chi connectivity index (χ2v) is 5.83. The van der Waals surface area contributed by atoms with Crippen LogP contribution in [0.2, 0.25) is 0 Å². The second-order valence-electron chi connectivity index (χ2n) is 5.83. The number of nitrogens with one attached hydrogen (secondary N) is 1. The summed E-state index contributed by atoms with van der Waals surface area (Å²) in [6.45, 7) is 7.88. The van der Waals surface area contributed by atoms with E-state index in [1.165, 1.54) is 42.5 Å². The van der Waals surface area contributed by atoms with Crippen molar-refractivity contribution < 1.29 is 0 Å². The first-order chi connectivity index (χ1) is 8.15. The minimum atomic E-state index is 0.881. The highest BCUT2D eigenvalue weighted by Gasteiger charge is 2.17. The lowest BCUT2D eigenvalue weighted by Crippen LogP contribution is -2.20.